The van der Waals surface area contributed by atoms with Crippen LogP contribution >= 0.6 is 0 Å². The van der Waals surface area contributed by atoms with Crippen LogP contribution in [-0.4, -0.2) is 51.0 Å². The first kappa shape index (κ1) is 24.4. The molecule has 1 N–H and O–H groups in total. The lowest BCUT2D eigenvalue weighted by molar-refractivity contribution is -0.139. The standard InChI is InChI=1S/C23H31N3O4S/c1-16-8-11-20(12-9-16)14-25(19(4)23(28)24-5)22(27)15-26(31(6,29)30)21-13-17(2)7-10-18(21)3/h7-13,19H,14-15H2,1-6H3,(H,24,28)/t19-/m0/s1. The summed E-state index contributed by atoms with van der Waals surface area (Å²) in [4.78, 5) is 27.1. The number of benzene rings is 2. The van der Waals surface area contributed by atoms with Crippen molar-refractivity contribution in [3.05, 3.63) is 64.7 Å². The number of nitrogens with zero attached hydrogens (tertiary/aromatic N) is 2. The van der Waals surface area contributed by atoms with Crippen molar-refractivity contribution in [2.24, 2.45) is 0 Å². The largest absolute Gasteiger partial charge is 0.357 e. The molecule has 0 radical (unpaired) electrons. The molecule has 0 aromatic heterocycles. The van der Waals surface area contributed by atoms with Gasteiger partial charge in [-0.15, -0.1) is 0 Å². The molecule has 0 unspecified atom stereocenters. The molecule has 0 saturated heterocycles. The molecule has 2 rings (SSSR count). The molecule has 0 heterocycles. The SMILES string of the molecule is CNC(=O)[C@H](C)N(Cc1ccc(C)cc1)C(=O)CN(c1cc(C)ccc1C)S(C)(=O)=O. The molecule has 0 fully saturated rings. The van der Waals surface area contributed by atoms with Crippen molar-refractivity contribution in [1.82, 2.24) is 10.2 Å². The molecule has 2 aromatic rings. The van der Waals surface area contributed by atoms with E-state index in [0.29, 0.717) is 5.69 Å². The third kappa shape index (κ3) is 6.30. The Kier molecular flexibility index (Phi) is 7.84. The van der Waals surface area contributed by atoms with Crippen molar-refractivity contribution < 1.29 is 18.0 Å². The van der Waals surface area contributed by atoms with Gasteiger partial charge in [0, 0.05) is 13.6 Å². The number of sulfonamides is 1. The number of rotatable bonds is 8. The number of anilines is 1. The van der Waals surface area contributed by atoms with E-state index in [4.69, 9.17) is 0 Å². The zero-order valence-corrected chi connectivity index (χ0v) is 19.8. The average Bonchev–Trinajstić information content (AvgIpc) is 2.71. The van der Waals surface area contributed by atoms with Gasteiger partial charge >= 0.3 is 0 Å². The topological polar surface area (TPSA) is 86.8 Å². The lowest BCUT2D eigenvalue weighted by Crippen LogP contribution is -2.50. The van der Waals surface area contributed by atoms with Crippen molar-refractivity contribution in [2.75, 3.05) is 24.2 Å². The van der Waals surface area contributed by atoms with Gasteiger partial charge in [-0.05, 0) is 50.5 Å². The van der Waals surface area contributed by atoms with Crippen LogP contribution in [0.3, 0.4) is 0 Å². The molecular formula is C23H31N3O4S. The predicted octanol–water partition coefficient (Wildman–Crippen LogP) is 2.54. The fourth-order valence-corrected chi connectivity index (χ4v) is 4.16. The molecule has 31 heavy (non-hydrogen) atoms. The first-order chi connectivity index (χ1) is 14.4. The Hall–Kier alpha value is -2.87. The quantitative estimate of drug-likeness (QED) is 0.677. The number of carbonyl (C=O) groups is 2. The second-order valence-corrected chi connectivity index (χ2v) is 9.76. The van der Waals surface area contributed by atoms with Crippen molar-refractivity contribution in [2.45, 2.75) is 40.3 Å². The van der Waals surface area contributed by atoms with Gasteiger partial charge in [0.2, 0.25) is 21.8 Å². The summed E-state index contributed by atoms with van der Waals surface area (Å²) < 4.78 is 26.3. The maximum Gasteiger partial charge on any atom is 0.244 e. The molecular weight excluding hydrogens is 414 g/mol. The van der Waals surface area contributed by atoms with Gasteiger partial charge in [-0.25, -0.2) is 8.42 Å². The zero-order chi connectivity index (χ0) is 23.3. The highest BCUT2D eigenvalue weighted by Crippen LogP contribution is 2.24. The van der Waals surface area contributed by atoms with Crippen molar-refractivity contribution >= 4 is 27.5 Å². The molecule has 0 aliphatic rings. The minimum absolute atomic E-state index is 0.193. The number of amides is 2. The Morgan fingerprint density at radius 1 is 1.00 bits per heavy atom. The summed E-state index contributed by atoms with van der Waals surface area (Å²) in [5.74, 6) is -0.777. The second-order valence-electron chi connectivity index (χ2n) is 7.86. The Morgan fingerprint density at radius 2 is 1.58 bits per heavy atom. The third-order valence-corrected chi connectivity index (χ3v) is 6.33. The fraction of sp³-hybridized carbons (Fsp3) is 0.391. The smallest absolute Gasteiger partial charge is 0.244 e. The minimum Gasteiger partial charge on any atom is -0.357 e. The minimum atomic E-state index is -3.73. The van der Waals surface area contributed by atoms with Crippen LogP contribution in [0.15, 0.2) is 42.5 Å². The van der Waals surface area contributed by atoms with Gasteiger partial charge in [-0.1, -0.05) is 42.0 Å². The van der Waals surface area contributed by atoms with Crippen LogP contribution in [0.25, 0.3) is 0 Å². The van der Waals surface area contributed by atoms with E-state index < -0.39 is 28.5 Å². The summed E-state index contributed by atoms with van der Waals surface area (Å²) in [6.45, 7) is 7.06. The van der Waals surface area contributed by atoms with Crippen LogP contribution < -0.4 is 9.62 Å². The fourth-order valence-electron chi connectivity index (χ4n) is 3.26. The van der Waals surface area contributed by atoms with Crippen LogP contribution in [0.1, 0.15) is 29.2 Å². The average molecular weight is 446 g/mol. The number of nitrogens with one attached hydrogen (secondary N) is 1. The lowest BCUT2D eigenvalue weighted by atomic mass is 10.1. The van der Waals surface area contributed by atoms with Gasteiger partial charge in [0.25, 0.3) is 0 Å². The second kappa shape index (κ2) is 9.96. The summed E-state index contributed by atoms with van der Waals surface area (Å²) in [5.41, 5.74) is 4.02. The molecule has 0 spiro atoms. The van der Waals surface area contributed by atoms with Crippen LogP contribution in [0.2, 0.25) is 0 Å². The third-order valence-electron chi connectivity index (χ3n) is 5.20. The molecule has 2 amide bonds. The van der Waals surface area contributed by atoms with Crippen molar-refractivity contribution in [3.63, 3.8) is 0 Å². The Labute approximate surface area is 185 Å². The number of likely N-dealkylation sites (N-methyl/N-ethyl adjacent to an activating group) is 1. The summed E-state index contributed by atoms with van der Waals surface area (Å²) in [6, 6.07) is 12.3. The molecule has 0 aliphatic carbocycles. The van der Waals surface area contributed by atoms with E-state index in [0.717, 1.165) is 32.8 Å². The van der Waals surface area contributed by atoms with Crippen LogP contribution in [0, 0.1) is 20.8 Å². The van der Waals surface area contributed by atoms with E-state index >= 15 is 0 Å². The summed E-state index contributed by atoms with van der Waals surface area (Å²) in [6.07, 6.45) is 1.08. The number of aryl methyl sites for hydroxylation is 3. The van der Waals surface area contributed by atoms with Crippen LogP contribution in [0.5, 0.6) is 0 Å². The molecule has 0 saturated carbocycles. The lowest BCUT2D eigenvalue weighted by Gasteiger charge is -2.31. The molecule has 0 bridgehead atoms. The van der Waals surface area contributed by atoms with Gasteiger partial charge in [0.1, 0.15) is 12.6 Å². The maximum atomic E-state index is 13.3. The molecule has 168 valence electrons. The Balaban J connectivity index is 2.42. The first-order valence-electron chi connectivity index (χ1n) is 10.1. The van der Waals surface area contributed by atoms with Crippen LogP contribution in [0.4, 0.5) is 5.69 Å². The molecule has 1 atom stereocenters. The molecule has 8 heteroatoms. The highest BCUT2D eigenvalue weighted by Gasteiger charge is 2.30. The highest BCUT2D eigenvalue weighted by atomic mass is 32.2. The van der Waals surface area contributed by atoms with Gasteiger partial charge < -0.3 is 10.2 Å². The van der Waals surface area contributed by atoms with Crippen molar-refractivity contribution in [1.29, 1.82) is 0 Å². The van der Waals surface area contributed by atoms with Gasteiger partial charge in [-0.2, -0.15) is 0 Å². The van der Waals surface area contributed by atoms with E-state index in [-0.39, 0.29) is 12.5 Å². The van der Waals surface area contributed by atoms with Gasteiger partial charge in [0.05, 0.1) is 11.9 Å². The van der Waals surface area contributed by atoms with Crippen molar-refractivity contribution in [3.8, 4) is 0 Å². The van der Waals surface area contributed by atoms with E-state index in [1.165, 1.54) is 11.9 Å². The normalized spacial score (nSPS) is 12.2. The predicted molar refractivity (Wildman–Crippen MR) is 123 cm³/mol. The maximum absolute atomic E-state index is 13.3. The summed E-state index contributed by atoms with van der Waals surface area (Å²) in [5, 5.41) is 2.56. The van der Waals surface area contributed by atoms with Crippen LogP contribution in [-0.2, 0) is 26.2 Å². The Morgan fingerprint density at radius 3 is 2.13 bits per heavy atom. The molecule has 2 aromatic carbocycles. The first-order valence-corrected chi connectivity index (χ1v) is 11.9. The van der Waals surface area contributed by atoms with Gasteiger partial charge in [-0.3, -0.25) is 13.9 Å². The molecule has 7 nitrogen and oxygen atoms in total. The zero-order valence-electron chi connectivity index (χ0n) is 19.0. The monoisotopic (exact) mass is 445 g/mol. The van der Waals surface area contributed by atoms with E-state index in [1.807, 2.05) is 50.2 Å². The summed E-state index contributed by atoms with van der Waals surface area (Å²) in [7, 11) is -2.22. The van der Waals surface area contributed by atoms with E-state index in [1.54, 1.807) is 19.9 Å². The highest BCUT2D eigenvalue weighted by molar-refractivity contribution is 7.92. The Bertz CT molecular complexity index is 1050. The van der Waals surface area contributed by atoms with E-state index in [2.05, 4.69) is 5.32 Å². The summed E-state index contributed by atoms with van der Waals surface area (Å²) >= 11 is 0. The molecule has 0 aliphatic heterocycles. The number of hydrogen-bond donors (Lipinski definition) is 1. The number of carbonyl (C=O) groups excluding carboxylic acids is 2. The van der Waals surface area contributed by atoms with E-state index in [9.17, 15) is 18.0 Å². The number of hydrogen-bond acceptors (Lipinski definition) is 4. The van der Waals surface area contributed by atoms with Gasteiger partial charge in [0.15, 0.2) is 0 Å².